The van der Waals surface area contributed by atoms with Crippen LogP contribution in [-0.2, 0) is 14.2 Å². The molecule has 4 nitrogen and oxygen atoms in total. The molecule has 0 saturated carbocycles. The first kappa shape index (κ1) is 13.3. The van der Waals surface area contributed by atoms with E-state index in [1.54, 1.807) is 0 Å². The van der Waals surface area contributed by atoms with Gasteiger partial charge in [-0.15, -0.1) is 0 Å². The van der Waals surface area contributed by atoms with Crippen LogP contribution < -0.4 is 0 Å². The highest BCUT2D eigenvalue weighted by molar-refractivity contribution is 4.99. The topological polar surface area (TPSA) is 47.9 Å². The Hall–Kier alpha value is -0.160. The van der Waals surface area contributed by atoms with E-state index < -0.39 is 11.9 Å². The zero-order valence-electron chi connectivity index (χ0n) is 11.3. The molecule has 100 valence electrons. The summed E-state index contributed by atoms with van der Waals surface area (Å²) in [5.74, 6) is -0.281. The molecule has 2 saturated heterocycles. The molecule has 0 aromatic carbocycles. The average molecular weight is 244 g/mol. The smallest absolute Gasteiger partial charge is 0.164 e. The summed E-state index contributed by atoms with van der Waals surface area (Å²) in [4.78, 5) is 0. The Kier molecular flexibility index (Phi) is 3.51. The van der Waals surface area contributed by atoms with Gasteiger partial charge in [-0.3, -0.25) is 0 Å². The molecule has 5 unspecified atom stereocenters. The number of hydrogen-bond acceptors (Lipinski definition) is 4. The van der Waals surface area contributed by atoms with Gasteiger partial charge in [0.05, 0.1) is 12.2 Å². The van der Waals surface area contributed by atoms with Crippen molar-refractivity contribution in [3.05, 3.63) is 0 Å². The van der Waals surface area contributed by atoms with E-state index in [0.717, 1.165) is 6.42 Å². The van der Waals surface area contributed by atoms with E-state index >= 15 is 0 Å². The number of ether oxygens (including phenoxy) is 3. The zero-order valence-corrected chi connectivity index (χ0v) is 11.3. The summed E-state index contributed by atoms with van der Waals surface area (Å²) in [5, 5.41) is 10.2. The second-order valence-electron chi connectivity index (χ2n) is 5.85. The maximum Gasteiger partial charge on any atom is 0.164 e. The lowest BCUT2D eigenvalue weighted by molar-refractivity contribution is -0.198. The van der Waals surface area contributed by atoms with Crippen LogP contribution in [-0.4, -0.2) is 41.4 Å². The maximum absolute atomic E-state index is 10.2. The largest absolute Gasteiger partial charge is 0.388 e. The third-order valence-electron chi connectivity index (χ3n) is 3.60. The molecule has 0 aromatic rings. The lowest BCUT2D eigenvalue weighted by Crippen LogP contribution is -2.57. The summed E-state index contributed by atoms with van der Waals surface area (Å²) in [5.41, 5.74) is 0. The summed E-state index contributed by atoms with van der Waals surface area (Å²) < 4.78 is 17.7. The fourth-order valence-electron chi connectivity index (χ4n) is 2.78. The molecule has 5 atom stereocenters. The molecule has 0 bridgehead atoms. The van der Waals surface area contributed by atoms with Crippen molar-refractivity contribution in [2.24, 2.45) is 5.92 Å². The Balaban J connectivity index is 2.22. The van der Waals surface area contributed by atoms with Gasteiger partial charge >= 0.3 is 0 Å². The number of aliphatic hydroxyl groups is 1. The van der Waals surface area contributed by atoms with Gasteiger partial charge in [0.2, 0.25) is 0 Å². The molecule has 2 aliphatic rings. The van der Waals surface area contributed by atoms with Crippen molar-refractivity contribution >= 4 is 0 Å². The van der Waals surface area contributed by atoms with Crippen molar-refractivity contribution in [2.75, 3.05) is 0 Å². The Morgan fingerprint density at radius 3 is 2.29 bits per heavy atom. The van der Waals surface area contributed by atoms with Crippen molar-refractivity contribution in [3.8, 4) is 0 Å². The SMILES string of the molecule is CCC1OC(C(C)C)C2OC(C)(C)OC2C1O. The molecule has 2 heterocycles. The predicted octanol–water partition coefficient (Wildman–Crippen LogP) is 1.70. The van der Waals surface area contributed by atoms with E-state index in [9.17, 15) is 5.11 Å². The summed E-state index contributed by atoms with van der Waals surface area (Å²) in [6.07, 6.45) is -0.394. The third kappa shape index (κ3) is 2.36. The molecule has 0 amide bonds. The predicted molar refractivity (Wildman–Crippen MR) is 63.6 cm³/mol. The molecule has 1 N–H and O–H groups in total. The van der Waals surface area contributed by atoms with Crippen LogP contribution in [0, 0.1) is 5.92 Å². The van der Waals surface area contributed by atoms with Gasteiger partial charge in [0, 0.05) is 0 Å². The van der Waals surface area contributed by atoms with Gasteiger partial charge in [-0.25, -0.2) is 0 Å². The zero-order chi connectivity index (χ0) is 12.8. The lowest BCUT2D eigenvalue weighted by Gasteiger charge is -2.41. The number of rotatable bonds is 2. The van der Waals surface area contributed by atoms with E-state index in [-0.39, 0.29) is 24.4 Å². The van der Waals surface area contributed by atoms with Crippen LogP contribution in [0.4, 0.5) is 0 Å². The Labute approximate surface area is 103 Å². The number of aliphatic hydroxyl groups excluding tert-OH is 1. The summed E-state index contributed by atoms with van der Waals surface area (Å²) >= 11 is 0. The minimum absolute atomic E-state index is 0.00451. The summed E-state index contributed by atoms with van der Waals surface area (Å²) in [7, 11) is 0. The summed E-state index contributed by atoms with van der Waals surface area (Å²) in [6, 6.07) is 0. The number of fused-ring (bicyclic) bond motifs is 1. The molecule has 0 spiro atoms. The minimum atomic E-state index is -0.630. The molecule has 0 radical (unpaired) electrons. The number of hydrogen-bond donors (Lipinski definition) is 1. The fourth-order valence-corrected chi connectivity index (χ4v) is 2.78. The molecule has 4 heteroatoms. The Morgan fingerprint density at radius 2 is 1.76 bits per heavy atom. The second kappa shape index (κ2) is 4.50. The molecule has 0 aromatic heterocycles. The fraction of sp³-hybridized carbons (Fsp3) is 1.00. The van der Waals surface area contributed by atoms with E-state index in [0.29, 0.717) is 5.92 Å². The van der Waals surface area contributed by atoms with Gasteiger partial charge in [0.1, 0.15) is 18.3 Å². The van der Waals surface area contributed by atoms with E-state index in [4.69, 9.17) is 14.2 Å². The average Bonchev–Trinajstić information content (AvgIpc) is 2.54. The first-order chi connectivity index (χ1) is 7.85. The van der Waals surface area contributed by atoms with E-state index in [2.05, 4.69) is 13.8 Å². The van der Waals surface area contributed by atoms with Gasteiger partial charge < -0.3 is 19.3 Å². The monoisotopic (exact) mass is 244 g/mol. The molecule has 0 aliphatic carbocycles. The van der Waals surface area contributed by atoms with Gasteiger partial charge in [-0.05, 0) is 26.2 Å². The first-order valence-electron chi connectivity index (χ1n) is 6.55. The highest BCUT2D eigenvalue weighted by Crippen LogP contribution is 2.39. The van der Waals surface area contributed by atoms with Gasteiger partial charge in [-0.1, -0.05) is 20.8 Å². The molecule has 17 heavy (non-hydrogen) atoms. The first-order valence-corrected chi connectivity index (χ1v) is 6.55. The van der Waals surface area contributed by atoms with Crippen LogP contribution in [0.25, 0.3) is 0 Å². The van der Waals surface area contributed by atoms with Crippen molar-refractivity contribution in [1.82, 2.24) is 0 Å². The molecular weight excluding hydrogens is 220 g/mol. The standard InChI is InChI=1S/C13H24O4/c1-6-8-9(14)11-12(10(15-8)7(2)3)17-13(4,5)16-11/h7-12,14H,6H2,1-5H3. The van der Waals surface area contributed by atoms with Crippen molar-refractivity contribution in [2.45, 2.75) is 77.3 Å². The molecule has 2 fully saturated rings. The van der Waals surface area contributed by atoms with Crippen LogP contribution in [0.15, 0.2) is 0 Å². The molecular formula is C13H24O4. The van der Waals surface area contributed by atoms with Crippen molar-refractivity contribution < 1.29 is 19.3 Å². The van der Waals surface area contributed by atoms with E-state index in [1.807, 2.05) is 20.8 Å². The van der Waals surface area contributed by atoms with E-state index in [1.165, 1.54) is 0 Å². The minimum Gasteiger partial charge on any atom is -0.388 e. The third-order valence-corrected chi connectivity index (χ3v) is 3.60. The normalized spacial score (nSPS) is 45.0. The van der Waals surface area contributed by atoms with Crippen molar-refractivity contribution in [1.29, 1.82) is 0 Å². The Morgan fingerprint density at radius 1 is 1.18 bits per heavy atom. The van der Waals surface area contributed by atoms with Crippen molar-refractivity contribution in [3.63, 3.8) is 0 Å². The molecule has 2 rings (SSSR count). The highest BCUT2D eigenvalue weighted by Gasteiger charge is 2.54. The molecule has 2 aliphatic heterocycles. The van der Waals surface area contributed by atoms with Crippen LogP contribution >= 0.6 is 0 Å². The van der Waals surface area contributed by atoms with Crippen LogP contribution in [0.3, 0.4) is 0 Å². The lowest BCUT2D eigenvalue weighted by atomic mass is 9.89. The summed E-state index contributed by atoms with van der Waals surface area (Å²) in [6.45, 7) is 10.0. The quantitative estimate of drug-likeness (QED) is 0.803. The Bertz CT molecular complexity index is 277. The van der Waals surface area contributed by atoms with Gasteiger partial charge in [-0.2, -0.15) is 0 Å². The van der Waals surface area contributed by atoms with Crippen LogP contribution in [0.2, 0.25) is 0 Å². The van der Waals surface area contributed by atoms with Crippen LogP contribution in [0.1, 0.15) is 41.0 Å². The highest BCUT2D eigenvalue weighted by atomic mass is 16.8. The van der Waals surface area contributed by atoms with Crippen LogP contribution in [0.5, 0.6) is 0 Å². The second-order valence-corrected chi connectivity index (χ2v) is 5.85. The van der Waals surface area contributed by atoms with Gasteiger partial charge in [0.15, 0.2) is 5.79 Å². The maximum atomic E-state index is 10.2. The van der Waals surface area contributed by atoms with Gasteiger partial charge in [0.25, 0.3) is 0 Å².